The monoisotopic (exact) mass is 478 g/mol. The topological polar surface area (TPSA) is 70.7 Å². The van der Waals surface area contributed by atoms with Gasteiger partial charge in [-0.2, -0.15) is 5.10 Å². The molecule has 2 heterocycles. The van der Waals surface area contributed by atoms with Crippen LogP contribution in [0.5, 0.6) is 11.5 Å². The number of aromatic nitrogens is 2. The molecule has 1 atom stereocenters. The van der Waals surface area contributed by atoms with Crippen molar-refractivity contribution in [3.63, 3.8) is 0 Å². The number of nitrogens with zero attached hydrogens (tertiary/aromatic N) is 3. The molecule has 1 amide bonds. The third-order valence-electron chi connectivity index (χ3n) is 6.96. The fourth-order valence-corrected chi connectivity index (χ4v) is 4.76. The molecule has 0 radical (unpaired) electrons. The van der Waals surface area contributed by atoms with Gasteiger partial charge in [-0.05, 0) is 61.1 Å². The first-order chi connectivity index (χ1) is 17.1. The average Bonchev–Trinajstić information content (AvgIpc) is 3.35. The molecule has 35 heavy (non-hydrogen) atoms. The van der Waals surface area contributed by atoms with Crippen LogP contribution < -0.4 is 14.4 Å². The molecule has 1 N–H and O–H groups in total. The van der Waals surface area contributed by atoms with Crippen LogP contribution in [0.2, 0.25) is 0 Å². The van der Waals surface area contributed by atoms with Crippen LogP contribution in [-0.2, 0) is 17.6 Å². The van der Waals surface area contributed by atoms with Crippen LogP contribution in [0.25, 0.3) is 0 Å². The zero-order chi connectivity index (χ0) is 24.2. The molecule has 1 aliphatic carbocycles. The number of aromatic amines is 1. The zero-order valence-electron chi connectivity index (χ0n) is 20.0. The summed E-state index contributed by atoms with van der Waals surface area (Å²) < 4.78 is 25.2. The van der Waals surface area contributed by atoms with Crippen LogP contribution >= 0.6 is 0 Å². The average molecular weight is 479 g/mol. The van der Waals surface area contributed by atoms with Crippen molar-refractivity contribution in [2.24, 2.45) is 0 Å². The molecular formula is C27H31FN4O3. The minimum Gasteiger partial charge on any atom is -0.493 e. The Kier molecular flexibility index (Phi) is 6.88. The quantitative estimate of drug-likeness (QED) is 0.530. The highest BCUT2D eigenvalue weighted by atomic mass is 19.1. The second kappa shape index (κ2) is 10.4. The summed E-state index contributed by atoms with van der Waals surface area (Å²) in [7, 11) is 1.66. The minimum atomic E-state index is -0.260. The lowest BCUT2D eigenvalue weighted by molar-refractivity contribution is -0.133. The number of hydrogen-bond acceptors (Lipinski definition) is 5. The van der Waals surface area contributed by atoms with Crippen molar-refractivity contribution in [3.05, 3.63) is 71.8 Å². The van der Waals surface area contributed by atoms with Crippen molar-refractivity contribution >= 4 is 11.6 Å². The molecule has 0 spiro atoms. The fraction of sp³-hybridized carbons (Fsp3) is 0.407. The number of benzene rings is 2. The van der Waals surface area contributed by atoms with Gasteiger partial charge < -0.3 is 19.3 Å². The number of hydrogen-bond donors (Lipinski definition) is 1. The molecule has 184 valence electrons. The summed E-state index contributed by atoms with van der Waals surface area (Å²) in [6, 6.07) is 12.5. The Morgan fingerprint density at radius 3 is 2.63 bits per heavy atom. The summed E-state index contributed by atoms with van der Waals surface area (Å²) >= 11 is 0. The van der Waals surface area contributed by atoms with E-state index in [0.717, 1.165) is 41.2 Å². The molecule has 1 saturated heterocycles. The molecule has 1 saturated carbocycles. The van der Waals surface area contributed by atoms with E-state index >= 15 is 0 Å². The molecule has 0 unspecified atom stereocenters. The van der Waals surface area contributed by atoms with Gasteiger partial charge >= 0.3 is 0 Å². The van der Waals surface area contributed by atoms with Gasteiger partial charge in [0.2, 0.25) is 5.91 Å². The predicted octanol–water partition coefficient (Wildman–Crippen LogP) is 3.99. The summed E-state index contributed by atoms with van der Waals surface area (Å²) in [6.07, 6.45) is 7.99. The number of rotatable bonds is 8. The van der Waals surface area contributed by atoms with Crippen molar-refractivity contribution in [2.45, 2.75) is 44.2 Å². The van der Waals surface area contributed by atoms with Crippen LogP contribution in [0.3, 0.4) is 0 Å². The molecule has 5 rings (SSSR count). The molecule has 7 nitrogen and oxygen atoms in total. The number of carbonyl (C=O) groups excluding carboxylic acids is 1. The predicted molar refractivity (Wildman–Crippen MR) is 131 cm³/mol. The normalized spacial score (nSPS) is 18.3. The van der Waals surface area contributed by atoms with Gasteiger partial charge in [-0.15, -0.1) is 0 Å². The van der Waals surface area contributed by atoms with Gasteiger partial charge in [-0.25, -0.2) is 4.39 Å². The number of amides is 1. The van der Waals surface area contributed by atoms with Gasteiger partial charge in [0.15, 0.2) is 11.5 Å². The van der Waals surface area contributed by atoms with E-state index in [1.54, 1.807) is 31.6 Å². The number of ether oxygens (including phenoxy) is 2. The van der Waals surface area contributed by atoms with E-state index in [1.165, 1.54) is 18.6 Å². The van der Waals surface area contributed by atoms with E-state index < -0.39 is 0 Å². The van der Waals surface area contributed by atoms with Crippen LogP contribution in [0.4, 0.5) is 10.1 Å². The standard InChI is InChI=1S/C27H31FN4O3/c1-34-25-10-9-22(15-26(25)35-24-3-2-4-24)31-11-12-32(27(33)14-20-16-29-30-17-20)23(18-31)13-19-5-7-21(28)8-6-19/h5-10,15-17,23-24H,2-4,11-14,18H2,1H3,(H,29,30)/t23-/m0/s1. The van der Waals surface area contributed by atoms with Gasteiger partial charge in [0, 0.05) is 37.6 Å². The largest absolute Gasteiger partial charge is 0.493 e. The highest BCUT2D eigenvalue weighted by Crippen LogP contribution is 2.36. The van der Waals surface area contributed by atoms with Crippen LogP contribution in [0.1, 0.15) is 30.4 Å². The van der Waals surface area contributed by atoms with E-state index in [2.05, 4.69) is 21.2 Å². The second-order valence-corrected chi connectivity index (χ2v) is 9.31. The number of piperazine rings is 1. The lowest BCUT2D eigenvalue weighted by Crippen LogP contribution is -2.56. The first kappa shape index (κ1) is 23.2. The molecule has 1 aromatic heterocycles. The summed E-state index contributed by atoms with van der Waals surface area (Å²) in [5.41, 5.74) is 2.92. The van der Waals surface area contributed by atoms with E-state index in [-0.39, 0.29) is 23.9 Å². The third kappa shape index (κ3) is 5.42. The molecule has 2 fully saturated rings. The Hall–Kier alpha value is -3.55. The maximum atomic E-state index is 13.5. The smallest absolute Gasteiger partial charge is 0.227 e. The first-order valence-electron chi connectivity index (χ1n) is 12.2. The summed E-state index contributed by atoms with van der Waals surface area (Å²) in [5, 5.41) is 6.73. The Labute approximate surface area is 204 Å². The Morgan fingerprint density at radius 2 is 1.94 bits per heavy atom. The van der Waals surface area contributed by atoms with Crippen molar-refractivity contribution in [3.8, 4) is 11.5 Å². The van der Waals surface area contributed by atoms with Crippen LogP contribution in [-0.4, -0.2) is 59.9 Å². The van der Waals surface area contributed by atoms with Crippen LogP contribution in [0, 0.1) is 5.82 Å². The molecular weight excluding hydrogens is 447 g/mol. The number of nitrogens with one attached hydrogen (secondary N) is 1. The SMILES string of the molecule is COc1ccc(N2CCN(C(=O)Cc3cn[nH]c3)[C@@H](Cc3ccc(F)cc3)C2)cc1OC1CCC1. The molecule has 0 bridgehead atoms. The maximum Gasteiger partial charge on any atom is 0.227 e. The summed E-state index contributed by atoms with van der Waals surface area (Å²) in [6.45, 7) is 1.99. The molecule has 2 aromatic carbocycles. The molecule has 2 aliphatic rings. The van der Waals surface area contributed by atoms with Crippen molar-refractivity contribution in [2.75, 3.05) is 31.6 Å². The third-order valence-corrected chi connectivity index (χ3v) is 6.96. The number of methoxy groups -OCH3 is 1. The van der Waals surface area contributed by atoms with Gasteiger partial charge in [0.25, 0.3) is 0 Å². The minimum absolute atomic E-state index is 0.0493. The molecule has 1 aliphatic heterocycles. The lowest BCUT2D eigenvalue weighted by Gasteiger charge is -2.43. The van der Waals surface area contributed by atoms with Crippen molar-refractivity contribution < 1.29 is 18.7 Å². The van der Waals surface area contributed by atoms with Crippen LogP contribution in [0.15, 0.2) is 54.9 Å². The van der Waals surface area contributed by atoms with E-state index in [1.807, 2.05) is 17.0 Å². The fourth-order valence-electron chi connectivity index (χ4n) is 4.76. The van der Waals surface area contributed by atoms with E-state index in [9.17, 15) is 9.18 Å². The zero-order valence-corrected chi connectivity index (χ0v) is 20.0. The highest BCUT2D eigenvalue weighted by molar-refractivity contribution is 5.79. The van der Waals surface area contributed by atoms with Crippen molar-refractivity contribution in [1.82, 2.24) is 15.1 Å². The number of H-pyrrole nitrogens is 1. The second-order valence-electron chi connectivity index (χ2n) is 9.31. The molecule has 3 aromatic rings. The number of anilines is 1. The van der Waals surface area contributed by atoms with Gasteiger partial charge in [-0.3, -0.25) is 9.89 Å². The Bertz CT molecular complexity index is 1130. The van der Waals surface area contributed by atoms with Gasteiger partial charge in [0.05, 0.1) is 31.9 Å². The first-order valence-corrected chi connectivity index (χ1v) is 12.2. The number of carbonyl (C=O) groups is 1. The van der Waals surface area contributed by atoms with E-state index in [4.69, 9.17) is 9.47 Å². The summed E-state index contributed by atoms with van der Waals surface area (Å²) in [4.78, 5) is 17.5. The Morgan fingerprint density at radius 1 is 1.11 bits per heavy atom. The van der Waals surface area contributed by atoms with Gasteiger partial charge in [-0.1, -0.05) is 12.1 Å². The maximum absolute atomic E-state index is 13.5. The lowest BCUT2D eigenvalue weighted by atomic mass is 9.96. The van der Waals surface area contributed by atoms with Gasteiger partial charge in [0.1, 0.15) is 5.82 Å². The number of halogens is 1. The summed E-state index contributed by atoms with van der Waals surface area (Å²) in [5.74, 6) is 1.31. The van der Waals surface area contributed by atoms with Crippen molar-refractivity contribution in [1.29, 1.82) is 0 Å². The Balaban J connectivity index is 1.36. The van der Waals surface area contributed by atoms with E-state index in [0.29, 0.717) is 32.5 Å². The highest BCUT2D eigenvalue weighted by Gasteiger charge is 2.31. The molecule has 8 heteroatoms.